The highest BCUT2D eigenvalue weighted by atomic mass is 35.5. The van der Waals surface area contributed by atoms with Gasteiger partial charge >= 0.3 is 0 Å². The van der Waals surface area contributed by atoms with E-state index in [0.29, 0.717) is 11.1 Å². The predicted octanol–water partition coefficient (Wildman–Crippen LogP) is 7.01. The second-order valence-corrected chi connectivity index (χ2v) is 10.2. The molecule has 2 heterocycles. The van der Waals surface area contributed by atoms with Gasteiger partial charge in [-0.1, -0.05) is 74.3 Å². The smallest absolute Gasteiger partial charge is 0.207 e. The Labute approximate surface area is 201 Å². The molecular weight excluding hydrogens is 455 g/mol. The number of benzene rings is 2. The van der Waals surface area contributed by atoms with Crippen LogP contribution in [0, 0.1) is 6.92 Å². The van der Waals surface area contributed by atoms with Crippen LogP contribution in [0.15, 0.2) is 58.7 Å². The van der Waals surface area contributed by atoms with Gasteiger partial charge in [-0.3, -0.25) is 9.59 Å². The van der Waals surface area contributed by atoms with Gasteiger partial charge in [0.25, 0.3) is 0 Å². The van der Waals surface area contributed by atoms with Crippen molar-refractivity contribution in [3.8, 4) is 0 Å². The number of allylic oxidation sites excluding steroid dienone is 4. The number of H-pyrrole nitrogens is 2. The van der Waals surface area contributed by atoms with Crippen LogP contribution in [0.4, 0.5) is 0 Å². The lowest BCUT2D eigenvalue weighted by atomic mass is 9.82. The van der Waals surface area contributed by atoms with Crippen LogP contribution in [-0.4, -0.2) is 21.5 Å². The van der Waals surface area contributed by atoms with Gasteiger partial charge in [0.1, 0.15) is 10.1 Å². The molecule has 2 N–H and O–H groups in total. The lowest BCUT2D eigenvalue weighted by Crippen LogP contribution is -2.21. The number of Topliss-reactive ketones (excluding diaryl/α,β-unsaturated/α-hetero) is 2. The molecule has 0 radical (unpaired) electrons. The first-order chi connectivity index (χ1) is 15.6. The van der Waals surface area contributed by atoms with Crippen LogP contribution < -0.4 is 0 Å². The molecule has 1 aliphatic carbocycles. The normalized spacial score (nSPS) is 15.5. The first-order valence-corrected chi connectivity index (χ1v) is 11.4. The third kappa shape index (κ3) is 3.28. The van der Waals surface area contributed by atoms with Crippen LogP contribution >= 0.6 is 23.2 Å². The van der Waals surface area contributed by atoms with Crippen LogP contribution in [0.2, 0.25) is 0 Å². The number of carbonyl (C=O) groups excluding carboxylic acids is 2. The molecule has 33 heavy (non-hydrogen) atoms. The number of fused-ring (bicyclic) bond motifs is 2. The summed E-state index contributed by atoms with van der Waals surface area (Å²) >= 11 is 13.3. The van der Waals surface area contributed by atoms with Crippen molar-refractivity contribution in [2.75, 3.05) is 0 Å². The number of nitrogens with one attached hydrogen (secondary N) is 2. The molecule has 0 bridgehead atoms. The number of halogens is 2. The van der Waals surface area contributed by atoms with Crippen LogP contribution in [0.5, 0.6) is 0 Å². The summed E-state index contributed by atoms with van der Waals surface area (Å²) in [5.74, 6) is -0.907. The molecule has 1 aliphatic rings. The molecule has 2 aromatic heterocycles. The van der Waals surface area contributed by atoms with Gasteiger partial charge in [-0.05, 0) is 24.6 Å². The standard InChI is InChI=1S/C27H22Cl2N2O2/c1-13-9-10-14-16(12-30-18(14)11-13)20-22(28)25(33)21(23(29)24(20)32)19-15-7-5-6-8-17(15)31-26(19)27(2,3)4/h5-12,30-31H,1-4H3. The summed E-state index contributed by atoms with van der Waals surface area (Å²) in [6, 6.07) is 13.5. The van der Waals surface area contributed by atoms with Crippen LogP contribution in [0.25, 0.3) is 33.0 Å². The van der Waals surface area contributed by atoms with Crippen molar-refractivity contribution in [3.05, 3.63) is 81.1 Å². The van der Waals surface area contributed by atoms with Gasteiger partial charge in [0, 0.05) is 50.2 Å². The van der Waals surface area contributed by atoms with Crippen molar-refractivity contribution < 1.29 is 9.59 Å². The Bertz CT molecular complexity index is 1560. The minimum atomic E-state index is -0.456. The van der Waals surface area contributed by atoms with Gasteiger partial charge in [0.05, 0.1) is 11.1 Å². The number of para-hydroxylation sites is 1. The van der Waals surface area contributed by atoms with Crippen LogP contribution in [0.3, 0.4) is 0 Å². The number of rotatable bonds is 2. The number of aromatic nitrogens is 2. The third-order valence-corrected chi connectivity index (χ3v) is 6.83. The molecule has 0 aliphatic heterocycles. The zero-order chi connectivity index (χ0) is 23.7. The number of ketones is 2. The average Bonchev–Trinajstić information content (AvgIpc) is 3.35. The van der Waals surface area contributed by atoms with E-state index in [1.165, 1.54) is 0 Å². The summed E-state index contributed by atoms with van der Waals surface area (Å²) in [4.78, 5) is 33.9. The summed E-state index contributed by atoms with van der Waals surface area (Å²) in [5, 5.41) is 1.40. The minimum Gasteiger partial charge on any atom is -0.361 e. The van der Waals surface area contributed by atoms with Crippen LogP contribution in [0.1, 0.15) is 43.2 Å². The second-order valence-electron chi connectivity index (χ2n) is 9.46. The van der Waals surface area contributed by atoms with E-state index in [2.05, 4.69) is 9.97 Å². The van der Waals surface area contributed by atoms with E-state index >= 15 is 0 Å². The topological polar surface area (TPSA) is 65.7 Å². The highest BCUT2D eigenvalue weighted by molar-refractivity contribution is 6.68. The van der Waals surface area contributed by atoms with E-state index in [-0.39, 0.29) is 26.6 Å². The Morgan fingerprint density at radius 2 is 1.48 bits per heavy atom. The molecule has 166 valence electrons. The molecule has 0 fully saturated rings. The molecular formula is C27H22Cl2N2O2. The summed E-state index contributed by atoms with van der Waals surface area (Å²) in [5.41, 5.74) is 4.79. The summed E-state index contributed by atoms with van der Waals surface area (Å²) in [6.45, 7) is 8.12. The van der Waals surface area contributed by atoms with E-state index in [9.17, 15) is 9.59 Å². The maximum atomic E-state index is 13.7. The van der Waals surface area contributed by atoms with Crippen molar-refractivity contribution in [2.24, 2.45) is 0 Å². The highest BCUT2D eigenvalue weighted by Gasteiger charge is 2.38. The molecule has 6 heteroatoms. The first-order valence-electron chi connectivity index (χ1n) is 10.7. The zero-order valence-electron chi connectivity index (χ0n) is 18.7. The molecule has 4 nitrogen and oxygen atoms in total. The minimum absolute atomic E-state index is 0.115. The quantitative estimate of drug-likeness (QED) is 0.305. The molecule has 4 aromatic rings. The summed E-state index contributed by atoms with van der Waals surface area (Å²) < 4.78 is 0. The Kier molecular flexibility index (Phi) is 4.93. The fourth-order valence-corrected chi connectivity index (χ4v) is 5.08. The maximum absolute atomic E-state index is 13.7. The predicted molar refractivity (Wildman–Crippen MR) is 136 cm³/mol. The van der Waals surface area contributed by atoms with Crippen molar-refractivity contribution in [1.82, 2.24) is 9.97 Å². The number of aryl methyl sites for hydroxylation is 1. The van der Waals surface area contributed by atoms with E-state index in [0.717, 1.165) is 33.1 Å². The van der Waals surface area contributed by atoms with Gasteiger partial charge in [-0.2, -0.15) is 0 Å². The Morgan fingerprint density at radius 1 is 0.818 bits per heavy atom. The SMILES string of the molecule is Cc1ccc2c(C3=C(Cl)C(=O)C(c4c(C(C)(C)C)[nH]c5ccccc45)=C(Cl)C3=O)c[nH]c2c1. The lowest BCUT2D eigenvalue weighted by Gasteiger charge is -2.23. The number of carbonyl (C=O) groups is 2. The summed E-state index contributed by atoms with van der Waals surface area (Å²) in [7, 11) is 0. The monoisotopic (exact) mass is 476 g/mol. The molecule has 0 unspecified atom stereocenters. The van der Waals surface area contributed by atoms with Crippen molar-refractivity contribution in [1.29, 1.82) is 0 Å². The second kappa shape index (κ2) is 7.47. The maximum Gasteiger partial charge on any atom is 0.207 e. The number of hydrogen-bond acceptors (Lipinski definition) is 2. The zero-order valence-corrected chi connectivity index (χ0v) is 20.2. The fourth-order valence-electron chi connectivity index (χ4n) is 4.52. The molecule has 0 saturated heterocycles. The molecule has 5 rings (SSSR count). The van der Waals surface area contributed by atoms with Crippen LogP contribution in [-0.2, 0) is 15.0 Å². The van der Waals surface area contributed by atoms with Crippen molar-refractivity contribution in [2.45, 2.75) is 33.1 Å². The van der Waals surface area contributed by atoms with Gasteiger partial charge in [-0.25, -0.2) is 0 Å². The van der Waals surface area contributed by atoms with Gasteiger partial charge < -0.3 is 9.97 Å². The van der Waals surface area contributed by atoms with Gasteiger partial charge in [0.2, 0.25) is 11.6 Å². The molecule has 0 saturated carbocycles. The first kappa shape index (κ1) is 21.7. The van der Waals surface area contributed by atoms with Crippen molar-refractivity contribution in [3.63, 3.8) is 0 Å². The van der Waals surface area contributed by atoms with E-state index in [1.54, 1.807) is 6.20 Å². The summed E-state index contributed by atoms with van der Waals surface area (Å²) in [6.07, 6.45) is 1.70. The largest absolute Gasteiger partial charge is 0.361 e. The number of aromatic amines is 2. The van der Waals surface area contributed by atoms with E-state index in [4.69, 9.17) is 23.2 Å². The third-order valence-electron chi connectivity index (χ3n) is 6.10. The van der Waals surface area contributed by atoms with Gasteiger partial charge in [0.15, 0.2) is 0 Å². The van der Waals surface area contributed by atoms with Crippen molar-refractivity contribution >= 4 is 67.7 Å². The van der Waals surface area contributed by atoms with E-state index < -0.39 is 11.6 Å². The molecule has 2 aromatic carbocycles. The lowest BCUT2D eigenvalue weighted by molar-refractivity contribution is -0.113. The van der Waals surface area contributed by atoms with E-state index in [1.807, 2.05) is 70.2 Å². The Balaban J connectivity index is 1.75. The number of hydrogen-bond donors (Lipinski definition) is 2. The molecule has 0 spiro atoms. The van der Waals surface area contributed by atoms with Gasteiger partial charge in [-0.15, -0.1) is 0 Å². The Hall–Kier alpha value is -3.08. The molecule has 0 amide bonds. The average molecular weight is 477 g/mol. The highest BCUT2D eigenvalue weighted by Crippen LogP contribution is 2.45. The molecule has 0 atom stereocenters. The Morgan fingerprint density at radius 3 is 2.21 bits per heavy atom. The fraction of sp³-hybridized carbons (Fsp3) is 0.185.